The Morgan fingerprint density at radius 1 is 1.12 bits per heavy atom. The Morgan fingerprint density at radius 2 is 1.88 bits per heavy atom. The van der Waals surface area contributed by atoms with Crippen molar-refractivity contribution in [2.75, 3.05) is 18.5 Å². The third-order valence-corrected chi connectivity index (χ3v) is 6.58. The zero-order valence-corrected chi connectivity index (χ0v) is 17.3. The number of aliphatic hydroxyl groups is 1. The molecular weight excluding hydrogens is 405 g/mol. The minimum absolute atomic E-state index is 0.0273. The maximum Gasteiger partial charge on any atom is 0.257 e. The van der Waals surface area contributed by atoms with Crippen molar-refractivity contribution in [1.29, 1.82) is 5.26 Å². The normalized spacial score (nSPS) is 21.3. The van der Waals surface area contributed by atoms with Gasteiger partial charge in [-0.3, -0.25) is 4.79 Å². The number of nitrogens with one attached hydrogen (secondary N) is 1. The highest BCUT2D eigenvalue weighted by molar-refractivity contribution is 5.95. The van der Waals surface area contributed by atoms with Crippen LogP contribution in [0.3, 0.4) is 0 Å². The van der Waals surface area contributed by atoms with Gasteiger partial charge in [0.1, 0.15) is 5.82 Å². The van der Waals surface area contributed by atoms with Crippen molar-refractivity contribution in [3.8, 4) is 17.2 Å². The van der Waals surface area contributed by atoms with Gasteiger partial charge in [-0.1, -0.05) is 30.3 Å². The van der Waals surface area contributed by atoms with Crippen LogP contribution < -0.4 is 5.32 Å². The topological polar surface area (TPSA) is 76.4 Å². The molecule has 0 aromatic heterocycles. The van der Waals surface area contributed by atoms with Crippen LogP contribution in [0.4, 0.5) is 10.1 Å². The summed E-state index contributed by atoms with van der Waals surface area (Å²) >= 11 is 0. The molecule has 32 heavy (non-hydrogen) atoms. The van der Waals surface area contributed by atoms with E-state index in [2.05, 4.69) is 17.5 Å². The average Bonchev–Trinajstić information content (AvgIpc) is 3.29. The van der Waals surface area contributed by atoms with Crippen LogP contribution in [0.15, 0.2) is 66.7 Å². The highest BCUT2D eigenvalue weighted by Crippen LogP contribution is 2.47. The number of carbonyl (C=O) groups excluding carboxylic acids is 1. The molecule has 0 unspecified atom stereocenters. The van der Waals surface area contributed by atoms with Crippen LogP contribution >= 0.6 is 0 Å². The second-order valence-corrected chi connectivity index (χ2v) is 8.30. The molecule has 0 saturated carbocycles. The molecule has 6 heteroatoms. The maximum atomic E-state index is 14.4. The lowest BCUT2D eigenvalue weighted by Gasteiger charge is -2.39. The summed E-state index contributed by atoms with van der Waals surface area (Å²) in [6.07, 6.45) is 0.726. The first-order valence-corrected chi connectivity index (χ1v) is 10.7. The summed E-state index contributed by atoms with van der Waals surface area (Å²) < 4.78 is 14.4. The van der Waals surface area contributed by atoms with Crippen molar-refractivity contribution in [2.24, 2.45) is 5.92 Å². The molecular formula is C26H22FN3O2. The molecule has 3 aromatic carbocycles. The van der Waals surface area contributed by atoms with Crippen molar-refractivity contribution in [3.05, 3.63) is 89.2 Å². The molecule has 1 saturated heterocycles. The van der Waals surface area contributed by atoms with Crippen LogP contribution in [0, 0.1) is 23.1 Å². The van der Waals surface area contributed by atoms with E-state index in [4.69, 9.17) is 5.26 Å². The van der Waals surface area contributed by atoms with Gasteiger partial charge in [0.15, 0.2) is 0 Å². The van der Waals surface area contributed by atoms with E-state index in [-0.39, 0.29) is 36.1 Å². The number of nitriles is 1. The van der Waals surface area contributed by atoms with Gasteiger partial charge in [0, 0.05) is 18.2 Å². The first kappa shape index (κ1) is 20.2. The number of nitrogens with zero attached hydrogens (tertiary/aromatic N) is 2. The molecule has 160 valence electrons. The SMILES string of the molecule is N#Cc1ccc(-c2ccc3c(c2)[C@@H]2[C@@H](CCN2C(=O)c2ccccc2F)[C@@H](CO)N3)cc1. The predicted octanol–water partition coefficient (Wildman–Crippen LogP) is 4.35. The minimum atomic E-state index is -0.528. The molecule has 2 N–H and O–H groups in total. The first-order valence-electron chi connectivity index (χ1n) is 10.7. The van der Waals surface area contributed by atoms with Gasteiger partial charge in [0.05, 0.1) is 35.9 Å². The zero-order valence-electron chi connectivity index (χ0n) is 17.3. The van der Waals surface area contributed by atoms with E-state index in [0.717, 1.165) is 28.8 Å². The van der Waals surface area contributed by atoms with Crippen molar-refractivity contribution >= 4 is 11.6 Å². The number of halogens is 1. The number of hydrogen-bond acceptors (Lipinski definition) is 4. The molecule has 1 amide bonds. The van der Waals surface area contributed by atoms with E-state index in [9.17, 15) is 14.3 Å². The molecule has 2 heterocycles. The third kappa shape index (κ3) is 3.31. The lowest BCUT2D eigenvalue weighted by molar-refractivity contribution is 0.0696. The van der Waals surface area contributed by atoms with Crippen molar-refractivity contribution in [1.82, 2.24) is 4.90 Å². The summed E-state index contributed by atoms with van der Waals surface area (Å²) in [4.78, 5) is 15.1. The fourth-order valence-corrected chi connectivity index (χ4v) is 5.00. The molecule has 0 aliphatic carbocycles. The Balaban J connectivity index is 1.57. The number of likely N-dealkylation sites (tertiary alicyclic amines) is 1. The van der Waals surface area contributed by atoms with E-state index in [1.807, 2.05) is 24.3 Å². The summed E-state index contributed by atoms with van der Waals surface area (Å²) in [5.41, 5.74) is 4.44. The van der Waals surface area contributed by atoms with Gasteiger partial charge in [-0.15, -0.1) is 0 Å². The minimum Gasteiger partial charge on any atom is -0.394 e. The van der Waals surface area contributed by atoms with Crippen LogP contribution in [-0.4, -0.2) is 35.1 Å². The molecule has 0 radical (unpaired) electrons. The van der Waals surface area contributed by atoms with E-state index in [0.29, 0.717) is 12.1 Å². The molecule has 2 aliphatic heterocycles. The summed E-state index contributed by atoms with van der Waals surface area (Å²) in [5, 5.41) is 22.5. The Bertz CT molecular complexity index is 1220. The highest BCUT2D eigenvalue weighted by Gasteiger charge is 2.46. The molecule has 3 aromatic rings. The standard InChI is InChI=1S/C26H22FN3O2/c27-22-4-2-1-3-19(22)26(32)30-12-11-20-24(15-31)29-23-10-9-18(13-21(23)25(20)30)17-7-5-16(14-28)6-8-17/h1-10,13,20,24-25,29,31H,11-12,15H2/t20-,24+,25-/m0/s1. The number of rotatable bonds is 3. The Morgan fingerprint density at radius 3 is 2.59 bits per heavy atom. The monoisotopic (exact) mass is 427 g/mol. The van der Waals surface area contributed by atoms with Gasteiger partial charge in [-0.05, 0) is 59.5 Å². The molecule has 2 aliphatic rings. The average molecular weight is 427 g/mol. The number of carbonyl (C=O) groups is 1. The fourth-order valence-electron chi connectivity index (χ4n) is 5.00. The second-order valence-electron chi connectivity index (χ2n) is 8.30. The molecule has 0 spiro atoms. The van der Waals surface area contributed by atoms with Gasteiger partial charge in [-0.2, -0.15) is 5.26 Å². The lowest BCUT2D eigenvalue weighted by Crippen LogP contribution is -2.43. The van der Waals surface area contributed by atoms with E-state index >= 15 is 0 Å². The number of hydrogen-bond donors (Lipinski definition) is 2. The van der Waals surface area contributed by atoms with E-state index in [1.54, 1.807) is 29.2 Å². The van der Waals surface area contributed by atoms with Crippen LogP contribution in [-0.2, 0) is 0 Å². The smallest absolute Gasteiger partial charge is 0.257 e. The Hall–Kier alpha value is -3.69. The van der Waals surface area contributed by atoms with Gasteiger partial charge < -0.3 is 15.3 Å². The number of aliphatic hydroxyl groups excluding tert-OH is 1. The van der Waals surface area contributed by atoms with E-state index < -0.39 is 5.82 Å². The second kappa shape index (κ2) is 8.10. The summed E-state index contributed by atoms with van der Waals surface area (Å²) in [6, 6.07) is 21.1. The van der Waals surface area contributed by atoms with Crippen LogP contribution in [0.2, 0.25) is 0 Å². The number of fused-ring (bicyclic) bond motifs is 3. The van der Waals surface area contributed by atoms with Gasteiger partial charge in [0.2, 0.25) is 0 Å². The summed E-state index contributed by atoms with van der Waals surface area (Å²) in [7, 11) is 0. The first-order chi connectivity index (χ1) is 15.6. The van der Waals surface area contributed by atoms with Crippen LogP contribution in [0.1, 0.15) is 33.9 Å². The zero-order chi connectivity index (χ0) is 22.2. The molecule has 5 rings (SSSR count). The highest BCUT2D eigenvalue weighted by atomic mass is 19.1. The largest absolute Gasteiger partial charge is 0.394 e. The quantitative estimate of drug-likeness (QED) is 0.651. The van der Waals surface area contributed by atoms with Crippen molar-refractivity contribution in [2.45, 2.75) is 18.5 Å². The Kier molecular flexibility index (Phi) is 5.12. The van der Waals surface area contributed by atoms with Crippen molar-refractivity contribution < 1.29 is 14.3 Å². The molecule has 0 bridgehead atoms. The molecule has 5 nitrogen and oxygen atoms in total. The summed E-state index contributed by atoms with van der Waals surface area (Å²) in [5.74, 6) is -0.830. The van der Waals surface area contributed by atoms with Gasteiger partial charge in [0.25, 0.3) is 5.91 Å². The number of benzene rings is 3. The third-order valence-electron chi connectivity index (χ3n) is 6.58. The maximum absolute atomic E-state index is 14.4. The number of anilines is 1. The predicted molar refractivity (Wildman–Crippen MR) is 119 cm³/mol. The van der Waals surface area contributed by atoms with Crippen LogP contribution in [0.25, 0.3) is 11.1 Å². The lowest BCUT2D eigenvalue weighted by atomic mass is 9.82. The van der Waals surface area contributed by atoms with Gasteiger partial charge >= 0.3 is 0 Å². The van der Waals surface area contributed by atoms with Crippen molar-refractivity contribution in [3.63, 3.8) is 0 Å². The molecule has 3 atom stereocenters. The van der Waals surface area contributed by atoms with Gasteiger partial charge in [-0.25, -0.2) is 4.39 Å². The van der Waals surface area contributed by atoms with E-state index in [1.165, 1.54) is 12.1 Å². The fraction of sp³-hybridized carbons (Fsp3) is 0.231. The number of amides is 1. The van der Waals surface area contributed by atoms with Crippen LogP contribution in [0.5, 0.6) is 0 Å². The summed E-state index contributed by atoms with van der Waals surface area (Å²) in [6.45, 7) is 0.459. The Labute approximate surface area is 185 Å². The molecule has 1 fully saturated rings.